The number of hydrogen-bond acceptors (Lipinski definition) is 5. The van der Waals surface area contributed by atoms with E-state index in [0.29, 0.717) is 6.42 Å². The topological polar surface area (TPSA) is 113 Å². The van der Waals surface area contributed by atoms with Gasteiger partial charge in [0.1, 0.15) is 5.82 Å². The molecule has 0 bridgehead atoms. The summed E-state index contributed by atoms with van der Waals surface area (Å²) in [5, 5.41) is 11.7. The number of amides is 3. The van der Waals surface area contributed by atoms with Crippen LogP contribution in [0.4, 0.5) is 10.1 Å². The Labute approximate surface area is 190 Å². The van der Waals surface area contributed by atoms with Crippen LogP contribution in [0.15, 0.2) is 18.2 Å². The SMILES string of the molecule is CC(C)C1CC(=O)N(c2ccc(C(=O)NC(C)(C)CCO)c(F)c2)C1=O.CC(C)CCN. The van der Waals surface area contributed by atoms with E-state index in [-0.39, 0.29) is 42.0 Å². The molecule has 0 radical (unpaired) electrons. The largest absolute Gasteiger partial charge is 0.396 e. The second-order valence-electron chi connectivity index (χ2n) is 9.57. The number of aliphatic hydroxyl groups is 1. The molecule has 4 N–H and O–H groups in total. The number of carbonyl (C=O) groups excluding carboxylic acids is 3. The van der Waals surface area contributed by atoms with Gasteiger partial charge in [0.25, 0.3) is 5.91 Å². The van der Waals surface area contributed by atoms with Crippen molar-refractivity contribution >= 4 is 23.4 Å². The lowest BCUT2D eigenvalue weighted by Crippen LogP contribution is -2.44. The summed E-state index contributed by atoms with van der Waals surface area (Å²) in [6.07, 6.45) is 1.58. The zero-order valence-electron chi connectivity index (χ0n) is 20.1. The van der Waals surface area contributed by atoms with Crippen molar-refractivity contribution in [2.45, 2.75) is 66.3 Å². The number of imide groups is 1. The number of carbonyl (C=O) groups is 3. The number of anilines is 1. The minimum absolute atomic E-state index is 0.0140. The molecule has 2 rings (SSSR count). The van der Waals surface area contributed by atoms with Crippen molar-refractivity contribution in [1.82, 2.24) is 5.32 Å². The van der Waals surface area contributed by atoms with Crippen LogP contribution in [0.5, 0.6) is 0 Å². The van der Waals surface area contributed by atoms with Crippen molar-refractivity contribution in [3.05, 3.63) is 29.6 Å². The van der Waals surface area contributed by atoms with Crippen molar-refractivity contribution in [1.29, 1.82) is 0 Å². The summed E-state index contributed by atoms with van der Waals surface area (Å²) >= 11 is 0. The number of rotatable bonds is 8. The Balaban J connectivity index is 0.000000751. The van der Waals surface area contributed by atoms with E-state index < -0.39 is 23.2 Å². The Hall–Kier alpha value is -2.32. The molecule has 7 nitrogen and oxygen atoms in total. The Kier molecular flexibility index (Phi) is 10.4. The molecule has 0 spiro atoms. The predicted octanol–water partition coefficient (Wildman–Crippen LogP) is 3.24. The molecule has 0 aliphatic carbocycles. The van der Waals surface area contributed by atoms with Crippen molar-refractivity contribution in [2.75, 3.05) is 18.1 Å². The van der Waals surface area contributed by atoms with Gasteiger partial charge in [0.2, 0.25) is 11.8 Å². The minimum Gasteiger partial charge on any atom is -0.396 e. The second-order valence-corrected chi connectivity index (χ2v) is 9.57. The summed E-state index contributed by atoms with van der Waals surface area (Å²) in [5.74, 6) is -1.76. The van der Waals surface area contributed by atoms with Gasteiger partial charge in [0, 0.05) is 18.6 Å². The molecule has 32 heavy (non-hydrogen) atoms. The number of aliphatic hydroxyl groups excluding tert-OH is 1. The molecule has 1 aliphatic rings. The first kappa shape index (κ1) is 27.7. The van der Waals surface area contributed by atoms with E-state index in [1.54, 1.807) is 13.8 Å². The molecule has 8 heteroatoms. The highest BCUT2D eigenvalue weighted by molar-refractivity contribution is 6.21. The van der Waals surface area contributed by atoms with Gasteiger partial charge in [-0.2, -0.15) is 0 Å². The van der Waals surface area contributed by atoms with E-state index in [9.17, 15) is 18.8 Å². The van der Waals surface area contributed by atoms with Crippen LogP contribution in [0.2, 0.25) is 0 Å². The maximum absolute atomic E-state index is 14.5. The van der Waals surface area contributed by atoms with Crippen LogP contribution in [-0.4, -0.2) is 41.5 Å². The van der Waals surface area contributed by atoms with E-state index in [1.807, 2.05) is 13.8 Å². The molecule has 1 aromatic rings. The smallest absolute Gasteiger partial charge is 0.254 e. The summed E-state index contributed by atoms with van der Waals surface area (Å²) in [7, 11) is 0. The number of hydrogen-bond donors (Lipinski definition) is 3. The van der Waals surface area contributed by atoms with Crippen LogP contribution in [0.25, 0.3) is 0 Å². The Morgan fingerprint density at radius 3 is 2.31 bits per heavy atom. The summed E-state index contributed by atoms with van der Waals surface area (Å²) in [6.45, 7) is 12.2. The first-order valence-electron chi connectivity index (χ1n) is 11.1. The first-order chi connectivity index (χ1) is 14.8. The van der Waals surface area contributed by atoms with Crippen LogP contribution < -0.4 is 16.0 Å². The van der Waals surface area contributed by atoms with Gasteiger partial charge in [0.15, 0.2) is 0 Å². The predicted molar refractivity (Wildman–Crippen MR) is 124 cm³/mol. The zero-order valence-corrected chi connectivity index (χ0v) is 20.1. The Bertz CT molecular complexity index is 808. The van der Waals surface area contributed by atoms with E-state index in [4.69, 9.17) is 10.8 Å². The quantitative estimate of drug-likeness (QED) is 0.525. The standard InChI is InChI=1S/C19H25FN2O4.C5H13N/c1-11(2)14-10-16(24)22(18(14)26)12-5-6-13(15(20)9-12)17(25)21-19(3,4)7-8-23;1-5(2)3-4-6/h5-6,9,11,14,23H,7-8,10H2,1-4H3,(H,21,25);5H,3-4,6H2,1-2H3. The summed E-state index contributed by atoms with van der Waals surface area (Å²) in [5.41, 5.74) is 4.49. The third-order valence-electron chi connectivity index (χ3n) is 5.37. The average molecular weight is 452 g/mol. The van der Waals surface area contributed by atoms with Gasteiger partial charge >= 0.3 is 0 Å². The van der Waals surface area contributed by atoms with Crippen molar-refractivity contribution < 1.29 is 23.9 Å². The fourth-order valence-electron chi connectivity index (χ4n) is 3.32. The molecule has 1 saturated heterocycles. The van der Waals surface area contributed by atoms with E-state index in [0.717, 1.165) is 29.8 Å². The number of nitrogens with one attached hydrogen (secondary N) is 1. The molecular weight excluding hydrogens is 413 g/mol. The molecule has 1 heterocycles. The highest BCUT2D eigenvalue weighted by Gasteiger charge is 2.41. The van der Waals surface area contributed by atoms with Crippen LogP contribution in [-0.2, 0) is 9.59 Å². The van der Waals surface area contributed by atoms with Crippen LogP contribution in [0.1, 0.15) is 71.2 Å². The maximum Gasteiger partial charge on any atom is 0.254 e. The van der Waals surface area contributed by atoms with Crippen LogP contribution in [0, 0.1) is 23.6 Å². The van der Waals surface area contributed by atoms with Gasteiger partial charge in [-0.25, -0.2) is 4.39 Å². The van der Waals surface area contributed by atoms with E-state index in [1.165, 1.54) is 12.1 Å². The normalized spacial score (nSPS) is 16.5. The molecule has 0 aromatic heterocycles. The maximum atomic E-state index is 14.5. The van der Waals surface area contributed by atoms with E-state index >= 15 is 0 Å². The highest BCUT2D eigenvalue weighted by atomic mass is 19.1. The molecular formula is C24H38FN3O4. The van der Waals surface area contributed by atoms with Gasteiger partial charge in [-0.1, -0.05) is 27.7 Å². The van der Waals surface area contributed by atoms with Crippen LogP contribution >= 0.6 is 0 Å². The molecule has 3 amide bonds. The summed E-state index contributed by atoms with van der Waals surface area (Å²) in [6, 6.07) is 3.69. The molecule has 1 fully saturated rings. The molecule has 0 saturated carbocycles. The molecule has 180 valence electrons. The van der Waals surface area contributed by atoms with E-state index in [2.05, 4.69) is 19.2 Å². The van der Waals surface area contributed by atoms with Crippen molar-refractivity contribution in [3.63, 3.8) is 0 Å². The third kappa shape index (κ3) is 7.67. The fourth-order valence-corrected chi connectivity index (χ4v) is 3.32. The van der Waals surface area contributed by atoms with Gasteiger partial charge in [0.05, 0.1) is 17.2 Å². The number of nitrogens with zero attached hydrogens (tertiary/aromatic N) is 1. The van der Waals surface area contributed by atoms with Crippen molar-refractivity contribution in [2.24, 2.45) is 23.5 Å². The lowest BCUT2D eigenvalue weighted by atomic mass is 9.94. The molecule has 1 aliphatic heterocycles. The van der Waals surface area contributed by atoms with Gasteiger partial charge in [-0.15, -0.1) is 0 Å². The lowest BCUT2D eigenvalue weighted by molar-refractivity contribution is -0.122. The Morgan fingerprint density at radius 2 is 1.91 bits per heavy atom. The van der Waals surface area contributed by atoms with Gasteiger partial charge in [-0.05, 0) is 63.3 Å². The van der Waals surface area contributed by atoms with Gasteiger partial charge in [-0.3, -0.25) is 19.3 Å². The minimum atomic E-state index is -0.812. The first-order valence-corrected chi connectivity index (χ1v) is 11.1. The summed E-state index contributed by atoms with van der Waals surface area (Å²) in [4.78, 5) is 37.9. The molecule has 1 unspecified atom stereocenters. The number of nitrogens with two attached hydrogens (primary N) is 1. The average Bonchev–Trinajstić information content (AvgIpc) is 2.95. The molecule has 1 aromatic carbocycles. The third-order valence-corrected chi connectivity index (χ3v) is 5.37. The van der Waals surface area contributed by atoms with Crippen LogP contribution in [0.3, 0.4) is 0 Å². The zero-order chi connectivity index (χ0) is 24.6. The fraction of sp³-hybridized carbons (Fsp3) is 0.625. The van der Waals surface area contributed by atoms with Gasteiger partial charge < -0.3 is 16.2 Å². The lowest BCUT2D eigenvalue weighted by Gasteiger charge is -2.25. The second kappa shape index (κ2) is 12.1. The molecule has 1 atom stereocenters. The summed E-state index contributed by atoms with van der Waals surface area (Å²) < 4.78 is 14.5. The monoisotopic (exact) mass is 451 g/mol. The Morgan fingerprint density at radius 1 is 1.28 bits per heavy atom. The highest BCUT2D eigenvalue weighted by Crippen LogP contribution is 2.31. The van der Waals surface area contributed by atoms with Crippen molar-refractivity contribution in [3.8, 4) is 0 Å². The number of benzene rings is 1. The number of halogens is 1.